The van der Waals surface area contributed by atoms with Gasteiger partial charge < -0.3 is 14.8 Å². The SMILES string of the molecule is CCC[C@@H](C)n1ncc2[nH]c(-c3ccc(OCC)c(CO)c3)nc21. The summed E-state index contributed by atoms with van der Waals surface area (Å²) in [6, 6.07) is 6.06. The van der Waals surface area contributed by atoms with Crippen LogP contribution in [-0.4, -0.2) is 31.5 Å². The fourth-order valence-corrected chi connectivity index (χ4v) is 2.96. The number of aliphatic hydroxyl groups is 1. The van der Waals surface area contributed by atoms with Gasteiger partial charge in [0, 0.05) is 11.1 Å². The summed E-state index contributed by atoms with van der Waals surface area (Å²) in [5.74, 6) is 1.49. The van der Waals surface area contributed by atoms with E-state index in [1.54, 1.807) is 0 Å². The van der Waals surface area contributed by atoms with Crippen molar-refractivity contribution in [2.45, 2.75) is 46.3 Å². The van der Waals surface area contributed by atoms with Gasteiger partial charge in [0.15, 0.2) is 5.65 Å². The van der Waals surface area contributed by atoms with Crippen LogP contribution in [0.25, 0.3) is 22.6 Å². The molecular formula is C18H24N4O2. The zero-order chi connectivity index (χ0) is 17.1. The number of aromatic amines is 1. The zero-order valence-electron chi connectivity index (χ0n) is 14.4. The molecule has 0 bridgehead atoms. The van der Waals surface area contributed by atoms with Crippen LogP contribution in [0.15, 0.2) is 24.4 Å². The third-order valence-electron chi connectivity index (χ3n) is 4.17. The number of fused-ring (bicyclic) bond motifs is 1. The second-order valence-corrected chi connectivity index (χ2v) is 5.96. The van der Waals surface area contributed by atoms with Crippen molar-refractivity contribution in [2.75, 3.05) is 6.61 Å². The molecule has 0 aliphatic carbocycles. The first kappa shape index (κ1) is 16.5. The predicted octanol–water partition coefficient (Wildman–Crippen LogP) is 3.68. The molecule has 0 saturated carbocycles. The molecule has 3 aromatic rings. The maximum Gasteiger partial charge on any atom is 0.177 e. The Balaban J connectivity index is 1.98. The molecule has 2 heterocycles. The van der Waals surface area contributed by atoms with Crippen LogP contribution in [0.3, 0.4) is 0 Å². The highest BCUT2D eigenvalue weighted by Gasteiger charge is 2.15. The van der Waals surface area contributed by atoms with E-state index in [-0.39, 0.29) is 6.61 Å². The summed E-state index contributed by atoms with van der Waals surface area (Å²) in [6.45, 7) is 6.76. The molecule has 0 spiro atoms. The van der Waals surface area contributed by atoms with Gasteiger partial charge in [-0.3, -0.25) is 0 Å². The quantitative estimate of drug-likeness (QED) is 0.694. The molecular weight excluding hydrogens is 304 g/mol. The second-order valence-electron chi connectivity index (χ2n) is 5.96. The Bertz CT molecular complexity index is 822. The lowest BCUT2D eigenvalue weighted by Crippen LogP contribution is -2.06. The Hall–Kier alpha value is -2.34. The smallest absolute Gasteiger partial charge is 0.177 e. The molecule has 2 N–H and O–H groups in total. The molecule has 6 nitrogen and oxygen atoms in total. The third-order valence-corrected chi connectivity index (χ3v) is 4.17. The van der Waals surface area contributed by atoms with Crippen LogP contribution in [0.4, 0.5) is 0 Å². The summed E-state index contributed by atoms with van der Waals surface area (Å²) in [5.41, 5.74) is 3.47. The van der Waals surface area contributed by atoms with E-state index in [1.165, 1.54) is 0 Å². The molecule has 0 aliphatic rings. The van der Waals surface area contributed by atoms with E-state index in [1.807, 2.05) is 36.0 Å². The zero-order valence-corrected chi connectivity index (χ0v) is 14.4. The summed E-state index contributed by atoms with van der Waals surface area (Å²) < 4.78 is 7.51. The Morgan fingerprint density at radius 3 is 2.88 bits per heavy atom. The van der Waals surface area contributed by atoms with Crippen molar-refractivity contribution in [3.05, 3.63) is 30.0 Å². The molecule has 6 heteroatoms. The standard InChI is InChI=1S/C18H24N4O2/c1-4-6-12(3)22-18-15(10-19-22)20-17(21-18)13-7-8-16(24-5-2)14(9-13)11-23/h7-10,12,23H,4-6,11H2,1-3H3,(H,20,21)/t12-/m1/s1. The summed E-state index contributed by atoms with van der Waals surface area (Å²) in [6.07, 6.45) is 3.99. The van der Waals surface area contributed by atoms with E-state index in [2.05, 4.69) is 23.9 Å². The van der Waals surface area contributed by atoms with Gasteiger partial charge in [0.1, 0.15) is 17.1 Å². The summed E-state index contributed by atoms with van der Waals surface area (Å²) in [5, 5.41) is 14.0. The van der Waals surface area contributed by atoms with Crippen LogP contribution in [0.2, 0.25) is 0 Å². The lowest BCUT2D eigenvalue weighted by molar-refractivity contribution is 0.267. The number of aromatic nitrogens is 4. The molecule has 0 radical (unpaired) electrons. The fourth-order valence-electron chi connectivity index (χ4n) is 2.96. The third kappa shape index (κ3) is 3.01. The van der Waals surface area contributed by atoms with E-state index in [0.717, 1.165) is 41.0 Å². The predicted molar refractivity (Wildman–Crippen MR) is 94.0 cm³/mol. The number of ether oxygens (including phenoxy) is 1. The first-order chi connectivity index (χ1) is 11.7. The number of nitrogens with one attached hydrogen (secondary N) is 1. The highest BCUT2D eigenvalue weighted by Crippen LogP contribution is 2.28. The molecule has 128 valence electrons. The van der Waals surface area contributed by atoms with Crippen molar-refractivity contribution >= 4 is 11.2 Å². The number of H-pyrrole nitrogens is 1. The molecule has 3 rings (SSSR count). The van der Waals surface area contributed by atoms with Gasteiger partial charge in [0.25, 0.3) is 0 Å². The average Bonchev–Trinajstić information content (AvgIpc) is 3.16. The number of aliphatic hydroxyl groups excluding tert-OH is 1. The van der Waals surface area contributed by atoms with Crippen LogP contribution in [-0.2, 0) is 6.61 Å². The largest absolute Gasteiger partial charge is 0.494 e. The fraction of sp³-hybridized carbons (Fsp3) is 0.444. The van der Waals surface area contributed by atoms with Crippen LogP contribution >= 0.6 is 0 Å². The van der Waals surface area contributed by atoms with Gasteiger partial charge in [-0.15, -0.1) is 0 Å². The van der Waals surface area contributed by atoms with E-state index >= 15 is 0 Å². The molecule has 24 heavy (non-hydrogen) atoms. The lowest BCUT2D eigenvalue weighted by Gasteiger charge is -2.10. The van der Waals surface area contributed by atoms with Crippen molar-refractivity contribution in [3.8, 4) is 17.1 Å². The molecule has 1 atom stereocenters. The Kier molecular flexibility index (Phi) is 4.85. The van der Waals surface area contributed by atoms with Gasteiger partial charge in [0.2, 0.25) is 0 Å². The van der Waals surface area contributed by atoms with E-state index in [0.29, 0.717) is 18.4 Å². The van der Waals surface area contributed by atoms with Crippen molar-refractivity contribution in [3.63, 3.8) is 0 Å². The summed E-state index contributed by atoms with van der Waals surface area (Å²) >= 11 is 0. The van der Waals surface area contributed by atoms with Crippen molar-refractivity contribution in [1.82, 2.24) is 19.7 Å². The van der Waals surface area contributed by atoms with Gasteiger partial charge in [-0.25, -0.2) is 9.67 Å². The van der Waals surface area contributed by atoms with Crippen molar-refractivity contribution in [1.29, 1.82) is 0 Å². The molecule has 1 aromatic carbocycles. The molecule has 0 amide bonds. The van der Waals surface area contributed by atoms with Gasteiger partial charge in [-0.05, 0) is 38.5 Å². The molecule has 0 saturated heterocycles. The van der Waals surface area contributed by atoms with Gasteiger partial charge >= 0.3 is 0 Å². The minimum Gasteiger partial charge on any atom is -0.494 e. The van der Waals surface area contributed by atoms with Crippen molar-refractivity contribution < 1.29 is 9.84 Å². The van der Waals surface area contributed by atoms with Gasteiger partial charge in [0.05, 0.1) is 25.5 Å². The maximum atomic E-state index is 9.57. The van der Waals surface area contributed by atoms with E-state index < -0.39 is 0 Å². The van der Waals surface area contributed by atoms with Crippen LogP contribution in [0.1, 0.15) is 45.2 Å². The van der Waals surface area contributed by atoms with Crippen molar-refractivity contribution in [2.24, 2.45) is 0 Å². The first-order valence-corrected chi connectivity index (χ1v) is 8.48. The normalized spacial score (nSPS) is 12.7. The minimum absolute atomic E-state index is 0.0648. The Morgan fingerprint density at radius 2 is 2.17 bits per heavy atom. The molecule has 0 aliphatic heterocycles. The van der Waals surface area contributed by atoms with Crippen LogP contribution in [0, 0.1) is 0 Å². The Morgan fingerprint density at radius 1 is 1.33 bits per heavy atom. The maximum absolute atomic E-state index is 9.57. The van der Waals surface area contributed by atoms with E-state index in [9.17, 15) is 5.11 Å². The van der Waals surface area contributed by atoms with Crippen LogP contribution < -0.4 is 4.74 Å². The molecule has 0 fully saturated rings. The number of hydrogen-bond acceptors (Lipinski definition) is 4. The number of nitrogens with zero attached hydrogens (tertiary/aromatic N) is 3. The molecule has 0 unspecified atom stereocenters. The highest BCUT2D eigenvalue weighted by molar-refractivity contribution is 5.76. The second kappa shape index (κ2) is 7.05. The first-order valence-electron chi connectivity index (χ1n) is 8.48. The van der Waals surface area contributed by atoms with Gasteiger partial charge in [-0.2, -0.15) is 5.10 Å². The number of imidazole rings is 1. The number of hydrogen-bond donors (Lipinski definition) is 2. The number of rotatable bonds is 7. The monoisotopic (exact) mass is 328 g/mol. The topological polar surface area (TPSA) is 76.0 Å². The van der Waals surface area contributed by atoms with Crippen LogP contribution in [0.5, 0.6) is 5.75 Å². The minimum atomic E-state index is -0.0648. The summed E-state index contributed by atoms with van der Waals surface area (Å²) in [4.78, 5) is 8.03. The summed E-state index contributed by atoms with van der Waals surface area (Å²) in [7, 11) is 0. The lowest BCUT2D eigenvalue weighted by atomic mass is 10.1. The molecule has 2 aromatic heterocycles. The average molecular weight is 328 g/mol. The van der Waals surface area contributed by atoms with E-state index in [4.69, 9.17) is 9.72 Å². The highest BCUT2D eigenvalue weighted by atomic mass is 16.5. The number of benzene rings is 1. The Labute approximate surface area is 141 Å². The van der Waals surface area contributed by atoms with Gasteiger partial charge in [-0.1, -0.05) is 13.3 Å².